The monoisotopic (exact) mass is 329 g/mol. The highest BCUT2D eigenvalue weighted by Gasteiger charge is 2.18. The fourth-order valence-corrected chi connectivity index (χ4v) is 2.46. The first kappa shape index (κ1) is 16.3. The Morgan fingerprint density at radius 1 is 1.00 bits per heavy atom. The van der Waals surface area contributed by atoms with Gasteiger partial charge in [-0.3, -0.25) is 4.79 Å². The molecule has 1 aliphatic rings. The van der Waals surface area contributed by atoms with Crippen LogP contribution < -0.4 is 14.8 Å². The van der Waals surface area contributed by atoms with Crippen LogP contribution >= 0.6 is 0 Å². The van der Waals surface area contributed by atoms with E-state index in [1.165, 1.54) is 7.11 Å². The molecule has 0 aliphatic carbocycles. The van der Waals surface area contributed by atoms with Crippen molar-refractivity contribution >= 4 is 11.6 Å². The molecule has 0 atom stereocenters. The topological polar surface area (TPSA) is 66.0 Å². The molecule has 0 unspecified atom stereocenters. The normalized spacial score (nSPS) is 14.4. The molecule has 1 heterocycles. The maximum absolute atomic E-state index is 12.4. The van der Waals surface area contributed by atoms with Crippen LogP contribution in [0.4, 0.5) is 5.69 Å². The van der Waals surface area contributed by atoms with Crippen molar-refractivity contribution in [3.63, 3.8) is 0 Å². The van der Waals surface area contributed by atoms with Gasteiger partial charge in [-0.15, -0.1) is 0 Å². The fourth-order valence-electron chi connectivity index (χ4n) is 2.46. The van der Waals surface area contributed by atoms with E-state index in [0.29, 0.717) is 36.0 Å². The van der Waals surface area contributed by atoms with Gasteiger partial charge >= 0.3 is 0 Å². The zero-order valence-corrected chi connectivity index (χ0v) is 13.6. The van der Waals surface area contributed by atoms with Gasteiger partial charge in [-0.05, 0) is 30.3 Å². The highest BCUT2D eigenvalue weighted by Crippen LogP contribution is 2.28. The molecule has 1 saturated heterocycles. The van der Waals surface area contributed by atoms with Crippen molar-refractivity contribution in [1.29, 1.82) is 0 Å². The predicted octanol–water partition coefficient (Wildman–Crippen LogP) is 3.00. The number of hydrogen-bond acceptors (Lipinski definition) is 5. The van der Waals surface area contributed by atoms with Gasteiger partial charge in [0.25, 0.3) is 5.91 Å². The third kappa shape index (κ3) is 3.50. The van der Waals surface area contributed by atoms with E-state index < -0.39 is 0 Å². The molecule has 6 heteroatoms. The Labute approximate surface area is 140 Å². The summed E-state index contributed by atoms with van der Waals surface area (Å²) in [6.07, 6.45) is -0.319. The van der Waals surface area contributed by atoms with Crippen LogP contribution in [0.2, 0.25) is 0 Å². The summed E-state index contributed by atoms with van der Waals surface area (Å²) >= 11 is 0. The van der Waals surface area contributed by atoms with E-state index >= 15 is 0 Å². The molecule has 126 valence electrons. The number of benzene rings is 2. The summed E-state index contributed by atoms with van der Waals surface area (Å²) in [5.74, 6) is 0.864. The molecule has 1 fully saturated rings. The van der Waals surface area contributed by atoms with Crippen LogP contribution in [0.25, 0.3) is 0 Å². The standard InChI is InChI=1S/C18H19NO5/c1-21-15-8-5-13(11-16(15)22-2)17(20)19-14-6-3-12(4-7-14)18-23-9-10-24-18/h3-8,11,18H,9-10H2,1-2H3,(H,19,20). The first-order valence-corrected chi connectivity index (χ1v) is 7.58. The molecule has 24 heavy (non-hydrogen) atoms. The van der Waals surface area contributed by atoms with E-state index in [0.717, 1.165) is 5.56 Å². The molecular formula is C18H19NO5. The Hall–Kier alpha value is -2.57. The van der Waals surface area contributed by atoms with Crippen molar-refractivity contribution in [2.45, 2.75) is 6.29 Å². The number of rotatable bonds is 5. The average molecular weight is 329 g/mol. The number of ether oxygens (including phenoxy) is 4. The van der Waals surface area contributed by atoms with Gasteiger partial charge in [-0.2, -0.15) is 0 Å². The van der Waals surface area contributed by atoms with Crippen LogP contribution in [0, 0.1) is 0 Å². The molecule has 1 amide bonds. The smallest absolute Gasteiger partial charge is 0.255 e. The minimum absolute atomic E-state index is 0.225. The van der Waals surface area contributed by atoms with Gasteiger partial charge < -0.3 is 24.3 Å². The van der Waals surface area contributed by atoms with Crippen LogP contribution in [-0.4, -0.2) is 33.3 Å². The molecule has 3 rings (SSSR count). The molecule has 0 bridgehead atoms. The third-order valence-corrected chi connectivity index (χ3v) is 3.71. The molecule has 0 radical (unpaired) electrons. The molecule has 0 aromatic heterocycles. The fraction of sp³-hybridized carbons (Fsp3) is 0.278. The predicted molar refractivity (Wildman–Crippen MR) is 88.6 cm³/mol. The van der Waals surface area contributed by atoms with Gasteiger partial charge in [0.2, 0.25) is 0 Å². The van der Waals surface area contributed by atoms with Crippen LogP contribution in [0.3, 0.4) is 0 Å². The van der Waals surface area contributed by atoms with E-state index in [4.69, 9.17) is 18.9 Å². The van der Waals surface area contributed by atoms with Crippen molar-refractivity contribution in [3.05, 3.63) is 53.6 Å². The lowest BCUT2D eigenvalue weighted by molar-refractivity contribution is -0.0441. The first-order valence-electron chi connectivity index (χ1n) is 7.58. The Morgan fingerprint density at radius 2 is 1.67 bits per heavy atom. The van der Waals surface area contributed by atoms with Gasteiger partial charge in [0.15, 0.2) is 17.8 Å². The largest absolute Gasteiger partial charge is 0.493 e. The molecule has 0 saturated carbocycles. The Morgan fingerprint density at radius 3 is 2.29 bits per heavy atom. The van der Waals surface area contributed by atoms with Gasteiger partial charge in [-0.1, -0.05) is 12.1 Å². The van der Waals surface area contributed by atoms with Crippen molar-refractivity contribution < 1.29 is 23.7 Å². The van der Waals surface area contributed by atoms with Crippen molar-refractivity contribution in [1.82, 2.24) is 0 Å². The SMILES string of the molecule is COc1ccc(C(=O)Nc2ccc(C3OCCO3)cc2)cc1OC. The summed E-state index contributed by atoms with van der Waals surface area (Å²) in [6.45, 7) is 1.20. The number of amides is 1. The van der Waals surface area contributed by atoms with E-state index in [1.807, 2.05) is 24.3 Å². The van der Waals surface area contributed by atoms with Gasteiger partial charge in [-0.25, -0.2) is 0 Å². The number of nitrogens with one attached hydrogen (secondary N) is 1. The first-order chi connectivity index (χ1) is 11.7. The summed E-state index contributed by atoms with van der Waals surface area (Å²) in [5, 5.41) is 2.85. The van der Waals surface area contributed by atoms with Crippen LogP contribution in [0.1, 0.15) is 22.2 Å². The Balaban J connectivity index is 1.70. The number of anilines is 1. The second kappa shape index (κ2) is 7.33. The van der Waals surface area contributed by atoms with Gasteiger partial charge in [0.1, 0.15) is 0 Å². The third-order valence-electron chi connectivity index (χ3n) is 3.71. The van der Waals surface area contributed by atoms with E-state index in [9.17, 15) is 4.79 Å². The Kier molecular flexibility index (Phi) is 4.98. The van der Waals surface area contributed by atoms with Gasteiger partial charge in [0.05, 0.1) is 27.4 Å². The molecular weight excluding hydrogens is 310 g/mol. The molecule has 0 spiro atoms. The number of carbonyl (C=O) groups is 1. The second-order valence-electron chi connectivity index (χ2n) is 5.22. The summed E-state index contributed by atoms with van der Waals surface area (Å²) in [5.41, 5.74) is 2.10. The zero-order chi connectivity index (χ0) is 16.9. The molecule has 6 nitrogen and oxygen atoms in total. The van der Waals surface area contributed by atoms with Gasteiger partial charge in [0, 0.05) is 16.8 Å². The minimum atomic E-state index is -0.319. The summed E-state index contributed by atoms with van der Waals surface area (Å²) in [6, 6.07) is 12.4. The molecule has 1 N–H and O–H groups in total. The summed E-state index contributed by atoms with van der Waals surface area (Å²) < 4.78 is 21.3. The minimum Gasteiger partial charge on any atom is -0.493 e. The average Bonchev–Trinajstić information content (AvgIpc) is 3.16. The van der Waals surface area contributed by atoms with Crippen LogP contribution in [-0.2, 0) is 9.47 Å². The van der Waals surface area contributed by atoms with Crippen LogP contribution in [0.5, 0.6) is 11.5 Å². The lowest BCUT2D eigenvalue weighted by Crippen LogP contribution is -2.12. The molecule has 2 aromatic rings. The summed E-state index contributed by atoms with van der Waals surface area (Å²) in [4.78, 5) is 12.4. The number of methoxy groups -OCH3 is 2. The highest BCUT2D eigenvalue weighted by molar-refractivity contribution is 6.04. The van der Waals surface area contributed by atoms with E-state index in [2.05, 4.69) is 5.32 Å². The number of carbonyl (C=O) groups excluding carboxylic acids is 1. The molecule has 2 aromatic carbocycles. The lowest BCUT2D eigenvalue weighted by atomic mass is 10.1. The van der Waals surface area contributed by atoms with E-state index in [1.54, 1.807) is 25.3 Å². The summed E-state index contributed by atoms with van der Waals surface area (Å²) in [7, 11) is 3.09. The molecule has 1 aliphatic heterocycles. The second-order valence-corrected chi connectivity index (χ2v) is 5.22. The number of hydrogen-bond donors (Lipinski definition) is 1. The van der Waals surface area contributed by atoms with E-state index in [-0.39, 0.29) is 12.2 Å². The van der Waals surface area contributed by atoms with Crippen molar-refractivity contribution in [2.75, 3.05) is 32.8 Å². The Bertz CT molecular complexity index is 708. The maximum atomic E-state index is 12.4. The lowest BCUT2D eigenvalue weighted by Gasteiger charge is -2.12. The van der Waals surface area contributed by atoms with Crippen LogP contribution in [0.15, 0.2) is 42.5 Å². The highest BCUT2D eigenvalue weighted by atomic mass is 16.7. The zero-order valence-electron chi connectivity index (χ0n) is 13.6. The quantitative estimate of drug-likeness (QED) is 0.913. The van der Waals surface area contributed by atoms with Crippen molar-refractivity contribution in [3.8, 4) is 11.5 Å². The maximum Gasteiger partial charge on any atom is 0.255 e. The van der Waals surface area contributed by atoms with Crippen molar-refractivity contribution in [2.24, 2.45) is 0 Å².